The first-order valence-electron chi connectivity index (χ1n) is 15.9. The van der Waals surface area contributed by atoms with Crippen molar-refractivity contribution in [2.24, 2.45) is 10.7 Å². The lowest BCUT2D eigenvalue weighted by atomic mass is 9.95. The normalized spacial score (nSPS) is 16.1. The Hall–Kier alpha value is -4.99. The van der Waals surface area contributed by atoms with Gasteiger partial charge in [-0.05, 0) is 60.4 Å². The van der Waals surface area contributed by atoms with E-state index >= 15 is 0 Å². The summed E-state index contributed by atoms with van der Waals surface area (Å²) in [4.78, 5) is 18.7. The molecule has 9 heteroatoms. The molecular weight excluding hydrogens is 623 g/mol. The fourth-order valence-corrected chi connectivity index (χ4v) is 6.66. The summed E-state index contributed by atoms with van der Waals surface area (Å²) in [6.07, 6.45) is 7.03. The van der Waals surface area contributed by atoms with Crippen LogP contribution in [0.2, 0.25) is 0 Å². The molecule has 0 saturated carbocycles. The Morgan fingerprint density at radius 2 is 1.75 bits per heavy atom. The molecular formula is C39H39N3O5S. The number of hydrogen-bond donors (Lipinski definition) is 2. The van der Waals surface area contributed by atoms with Gasteiger partial charge in [0.15, 0.2) is 0 Å². The molecule has 6 rings (SSSR count). The molecule has 0 radical (unpaired) electrons. The maximum atomic E-state index is 13.0. The molecule has 3 N–H and O–H groups in total. The summed E-state index contributed by atoms with van der Waals surface area (Å²) in [6.45, 7) is 1.50. The van der Waals surface area contributed by atoms with Crippen LogP contribution in [0.4, 0.5) is 0 Å². The zero-order valence-electron chi connectivity index (χ0n) is 27.1. The molecule has 48 heavy (non-hydrogen) atoms. The lowest BCUT2D eigenvalue weighted by molar-refractivity contribution is 0.0685. The number of para-hydroxylation sites is 1. The van der Waals surface area contributed by atoms with Gasteiger partial charge in [-0.2, -0.15) is 0 Å². The van der Waals surface area contributed by atoms with Gasteiger partial charge in [0.05, 0.1) is 36.7 Å². The number of allylic oxidation sites excluding steroid dienone is 1. The van der Waals surface area contributed by atoms with Crippen LogP contribution in [-0.2, 0) is 17.7 Å². The van der Waals surface area contributed by atoms with Crippen LogP contribution < -0.4 is 15.2 Å². The van der Waals surface area contributed by atoms with Crippen LogP contribution in [0.1, 0.15) is 28.0 Å². The molecule has 1 aromatic heterocycles. The fourth-order valence-electron chi connectivity index (χ4n) is 6.25. The molecule has 246 valence electrons. The third-order valence-electron chi connectivity index (χ3n) is 8.48. The first-order chi connectivity index (χ1) is 23.5. The van der Waals surface area contributed by atoms with Crippen LogP contribution in [0, 0.1) is 0 Å². The van der Waals surface area contributed by atoms with E-state index in [1.54, 1.807) is 18.8 Å². The largest absolute Gasteiger partial charge is 0.493 e. The minimum absolute atomic E-state index is 0.118. The van der Waals surface area contributed by atoms with E-state index in [1.807, 2.05) is 95.8 Å². The van der Waals surface area contributed by atoms with Crippen molar-refractivity contribution in [1.82, 2.24) is 4.57 Å². The lowest BCUT2D eigenvalue weighted by Crippen LogP contribution is -2.20. The smallest absolute Gasteiger partial charge is 0.352 e. The Kier molecular flexibility index (Phi) is 10.5. The Labute approximate surface area is 284 Å². The molecule has 0 saturated heterocycles. The van der Waals surface area contributed by atoms with E-state index in [9.17, 15) is 9.90 Å². The van der Waals surface area contributed by atoms with E-state index in [-0.39, 0.29) is 18.9 Å². The van der Waals surface area contributed by atoms with Gasteiger partial charge in [-0.15, -0.1) is 11.8 Å². The average molecular weight is 662 g/mol. The van der Waals surface area contributed by atoms with Gasteiger partial charge >= 0.3 is 5.97 Å². The van der Waals surface area contributed by atoms with Crippen LogP contribution >= 0.6 is 11.8 Å². The second kappa shape index (κ2) is 15.3. The van der Waals surface area contributed by atoms with Crippen molar-refractivity contribution < 1.29 is 24.1 Å². The van der Waals surface area contributed by atoms with E-state index in [1.165, 1.54) is 0 Å². The molecule has 4 aromatic carbocycles. The predicted octanol–water partition coefficient (Wildman–Crippen LogP) is 7.63. The Balaban J connectivity index is 1.39. The molecule has 8 nitrogen and oxygen atoms in total. The number of ether oxygens (including phenoxy) is 3. The highest BCUT2D eigenvalue weighted by molar-refractivity contribution is 7.98. The molecule has 0 fully saturated rings. The SMILES string of the molecule is CN=C1COC/C=C\Cn2c(C(=O)O)c(CCCOc3cccc4ccccc34)c3cccc(c32)C1=C(N)COc1ccc(SC)cc1. The lowest BCUT2D eigenvalue weighted by Gasteiger charge is -2.18. The molecule has 1 aliphatic heterocycles. The van der Waals surface area contributed by atoms with Crippen molar-refractivity contribution in [2.75, 3.05) is 39.7 Å². The molecule has 0 amide bonds. The summed E-state index contributed by atoms with van der Waals surface area (Å²) in [5, 5.41) is 13.7. The van der Waals surface area contributed by atoms with Gasteiger partial charge in [-0.25, -0.2) is 4.79 Å². The molecule has 0 bridgehead atoms. The molecule has 0 unspecified atom stereocenters. The Morgan fingerprint density at radius 3 is 2.54 bits per heavy atom. The summed E-state index contributed by atoms with van der Waals surface area (Å²) in [6, 6.07) is 27.9. The van der Waals surface area contributed by atoms with Crippen LogP contribution in [0.3, 0.4) is 0 Å². The topological polar surface area (TPSA) is 108 Å². The number of carboxylic acid groups (broad SMARTS) is 1. The number of benzene rings is 4. The zero-order chi connectivity index (χ0) is 33.5. The number of rotatable bonds is 10. The molecule has 0 atom stereocenters. The van der Waals surface area contributed by atoms with Gasteiger partial charge in [0.25, 0.3) is 0 Å². The van der Waals surface area contributed by atoms with Crippen molar-refractivity contribution in [3.8, 4) is 11.5 Å². The highest BCUT2D eigenvalue weighted by Crippen LogP contribution is 2.35. The number of aromatic nitrogens is 1. The number of thioether (sulfide) groups is 1. The Bertz CT molecular complexity index is 2020. The van der Waals surface area contributed by atoms with E-state index in [4.69, 9.17) is 19.9 Å². The zero-order valence-corrected chi connectivity index (χ0v) is 28.0. The fraction of sp³-hybridized carbons (Fsp3) is 0.231. The quantitative estimate of drug-likeness (QED) is 0.0900. The number of nitrogens with two attached hydrogens (primary N) is 1. The van der Waals surface area contributed by atoms with Crippen LogP contribution in [-0.4, -0.2) is 61.1 Å². The van der Waals surface area contributed by atoms with Crippen LogP contribution in [0.25, 0.3) is 27.2 Å². The summed E-state index contributed by atoms with van der Waals surface area (Å²) < 4.78 is 20.2. The third-order valence-corrected chi connectivity index (χ3v) is 9.22. The van der Waals surface area contributed by atoms with E-state index in [2.05, 4.69) is 17.1 Å². The second-order valence-corrected chi connectivity index (χ2v) is 12.3. The van der Waals surface area contributed by atoms with E-state index in [0.29, 0.717) is 55.3 Å². The number of hydrogen-bond acceptors (Lipinski definition) is 7. The predicted molar refractivity (Wildman–Crippen MR) is 195 cm³/mol. The van der Waals surface area contributed by atoms with E-state index < -0.39 is 5.97 Å². The molecule has 5 aromatic rings. The van der Waals surface area contributed by atoms with Crippen molar-refractivity contribution in [1.29, 1.82) is 0 Å². The molecule has 0 spiro atoms. The second-order valence-electron chi connectivity index (χ2n) is 11.4. The maximum absolute atomic E-state index is 13.0. The number of aliphatic imine (C=N–C) groups is 1. The highest BCUT2D eigenvalue weighted by atomic mass is 32.2. The van der Waals surface area contributed by atoms with Crippen LogP contribution in [0.5, 0.6) is 11.5 Å². The molecule has 2 heterocycles. The van der Waals surface area contributed by atoms with Crippen molar-refractivity contribution in [3.63, 3.8) is 0 Å². The number of carbonyl (C=O) groups is 1. The summed E-state index contributed by atoms with van der Waals surface area (Å²) in [5.74, 6) is 0.532. The third kappa shape index (κ3) is 6.98. The first kappa shape index (κ1) is 32.9. The average Bonchev–Trinajstić information content (AvgIpc) is 3.42. The summed E-state index contributed by atoms with van der Waals surface area (Å²) >= 11 is 1.66. The maximum Gasteiger partial charge on any atom is 0.352 e. The standard InChI is InChI=1S/C39H39N3O5S/c1-41-34-25-45-22-6-5-21-42-37-30(13-8-14-32(37)36(34)33(40)24-47-27-17-19-28(48-2)20-18-27)31(38(42)39(43)44)15-9-23-46-35-16-7-11-26-10-3-4-12-29(26)35/h3-8,10-14,16-20H,9,15,21-25,40H2,1-2H3,(H,43,44)/b6-5-,36-33?,41-34?. The van der Waals surface area contributed by atoms with Crippen molar-refractivity contribution in [2.45, 2.75) is 24.3 Å². The molecule has 1 aliphatic rings. The highest BCUT2D eigenvalue weighted by Gasteiger charge is 2.27. The Morgan fingerprint density at radius 1 is 0.979 bits per heavy atom. The number of carboxylic acids is 1. The van der Waals surface area contributed by atoms with Crippen molar-refractivity contribution in [3.05, 3.63) is 120 Å². The van der Waals surface area contributed by atoms with Gasteiger partial charge in [-0.3, -0.25) is 4.99 Å². The minimum atomic E-state index is -0.985. The number of fused-ring (bicyclic) bond motifs is 1. The van der Waals surface area contributed by atoms with Crippen LogP contribution in [0.15, 0.2) is 113 Å². The van der Waals surface area contributed by atoms with Crippen molar-refractivity contribution >= 4 is 50.7 Å². The number of nitrogens with zero attached hydrogens (tertiary/aromatic N) is 2. The first-order valence-corrected chi connectivity index (χ1v) is 17.1. The number of aryl methyl sites for hydroxylation is 1. The summed E-state index contributed by atoms with van der Waals surface area (Å²) in [7, 11) is 1.71. The van der Waals surface area contributed by atoms with Gasteiger partial charge in [-0.1, -0.05) is 66.7 Å². The van der Waals surface area contributed by atoms with Gasteiger partial charge < -0.3 is 29.6 Å². The van der Waals surface area contributed by atoms with Gasteiger partial charge in [0.1, 0.15) is 23.8 Å². The van der Waals surface area contributed by atoms with Gasteiger partial charge in [0.2, 0.25) is 0 Å². The molecule has 0 aliphatic carbocycles. The summed E-state index contributed by atoms with van der Waals surface area (Å²) in [5.41, 5.74) is 11.3. The minimum Gasteiger partial charge on any atom is -0.493 e. The van der Waals surface area contributed by atoms with E-state index in [0.717, 1.165) is 43.4 Å². The monoisotopic (exact) mass is 661 g/mol. The van der Waals surface area contributed by atoms with Gasteiger partial charge in [0, 0.05) is 40.4 Å². The number of aromatic carboxylic acids is 1.